The van der Waals surface area contributed by atoms with Crippen LogP contribution in [0.5, 0.6) is 0 Å². The topological polar surface area (TPSA) is 163 Å². The summed E-state index contributed by atoms with van der Waals surface area (Å²) in [6.07, 6.45) is 4.28. The monoisotopic (exact) mass is 737 g/mol. The number of hydrogen-bond acceptors (Lipinski definition) is 8. The van der Waals surface area contributed by atoms with Crippen molar-refractivity contribution in [2.45, 2.75) is 78.9 Å². The number of carbonyl (C=O) groups is 4. The molecule has 1 aromatic carbocycles. The standard InChI is InChI=1S/C41H51N7O6/c1-24(2)32(19-35(49)53-7)39(50)47-22-26(5)17-33(47)37-42-20-30(44-37)15-13-28-9-11-29(12-10-28)14-16-31-21-43-38(45-31)34-18-27(6)23-48(34)40(51)36(25(3)4)46-41(52)54-8/h9-12,20-21,24-27,32-34,36H,17-19,22-23H2,1-8H3,(H,42,44)(H,43,45)(H,46,52)/t26-,27-,32-,33+,34-,36-/m0/s1. The Morgan fingerprint density at radius 1 is 0.759 bits per heavy atom. The van der Waals surface area contributed by atoms with Gasteiger partial charge in [-0.1, -0.05) is 53.4 Å². The van der Waals surface area contributed by atoms with Crippen LogP contribution >= 0.6 is 0 Å². The molecule has 54 heavy (non-hydrogen) atoms. The minimum Gasteiger partial charge on any atom is -0.469 e. The van der Waals surface area contributed by atoms with Gasteiger partial charge in [-0.15, -0.1) is 0 Å². The maximum Gasteiger partial charge on any atom is 0.407 e. The summed E-state index contributed by atoms with van der Waals surface area (Å²) in [5.41, 5.74) is 2.87. The minimum atomic E-state index is -0.711. The van der Waals surface area contributed by atoms with E-state index in [-0.39, 0.29) is 48.1 Å². The molecule has 2 aliphatic heterocycles. The van der Waals surface area contributed by atoms with Crippen LogP contribution in [0.4, 0.5) is 4.79 Å². The first-order valence-corrected chi connectivity index (χ1v) is 18.5. The van der Waals surface area contributed by atoms with Crippen LogP contribution in [0.3, 0.4) is 0 Å². The number of ether oxygens (including phenoxy) is 2. The number of benzene rings is 1. The van der Waals surface area contributed by atoms with Crippen LogP contribution in [0.15, 0.2) is 36.7 Å². The number of nitrogens with one attached hydrogen (secondary N) is 3. The van der Waals surface area contributed by atoms with Crippen LogP contribution in [-0.2, 0) is 23.9 Å². The van der Waals surface area contributed by atoms with E-state index in [0.717, 1.165) is 24.0 Å². The lowest BCUT2D eigenvalue weighted by molar-refractivity contribution is -0.148. The van der Waals surface area contributed by atoms with Gasteiger partial charge in [-0.2, -0.15) is 0 Å². The number of alkyl carbamates (subject to hydrolysis) is 1. The largest absolute Gasteiger partial charge is 0.469 e. The van der Waals surface area contributed by atoms with Gasteiger partial charge < -0.3 is 34.6 Å². The summed E-state index contributed by atoms with van der Waals surface area (Å²) < 4.78 is 9.60. The molecular formula is C41H51N7O6. The van der Waals surface area contributed by atoms with Gasteiger partial charge in [0.05, 0.1) is 51.0 Å². The molecule has 3 N–H and O–H groups in total. The van der Waals surface area contributed by atoms with Crippen LogP contribution in [0.2, 0.25) is 0 Å². The SMILES string of the molecule is COC(=O)C[C@H](C(=O)N1C[C@@H](C)C[C@@H]1c1ncc(C#Cc2ccc(C#Cc3cnc([C@@H]4C[C@H](C)CN4C(=O)[C@@H](NC(=O)OC)C(C)C)[nH]3)cc2)[nH]1)C(C)C. The molecule has 0 spiro atoms. The van der Waals surface area contributed by atoms with E-state index >= 15 is 0 Å². The summed E-state index contributed by atoms with van der Waals surface area (Å²) in [6, 6.07) is 6.40. The first-order valence-electron chi connectivity index (χ1n) is 18.5. The zero-order valence-electron chi connectivity index (χ0n) is 32.4. The lowest BCUT2D eigenvalue weighted by atomic mass is 9.91. The lowest BCUT2D eigenvalue weighted by Gasteiger charge is -2.30. The zero-order valence-corrected chi connectivity index (χ0v) is 32.4. The molecule has 2 fully saturated rings. The normalized spacial score (nSPS) is 20.5. The maximum absolute atomic E-state index is 13.6. The predicted molar refractivity (Wildman–Crippen MR) is 201 cm³/mol. The third-order valence-electron chi connectivity index (χ3n) is 10.1. The molecule has 4 heterocycles. The van der Waals surface area contributed by atoms with Crippen molar-refractivity contribution in [3.63, 3.8) is 0 Å². The number of imidazole rings is 2. The van der Waals surface area contributed by atoms with Gasteiger partial charge in [-0.3, -0.25) is 14.4 Å². The Bertz CT molecular complexity index is 1800. The summed E-state index contributed by atoms with van der Waals surface area (Å²) in [6.45, 7) is 13.0. The van der Waals surface area contributed by atoms with Crippen molar-refractivity contribution in [3.05, 3.63) is 70.8 Å². The summed E-state index contributed by atoms with van der Waals surface area (Å²) >= 11 is 0. The number of aromatic nitrogens is 4. The third kappa shape index (κ3) is 9.51. The van der Waals surface area contributed by atoms with E-state index < -0.39 is 24.0 Å². The number of esters is 1. The van der Waals surface area contributed by atoms with Gasteiger partial charge in [0.25, 0.3) is 0 Å². The molecule has 13 heteroatoms. The van der Waals surface area contributed by atoms with Crippen LogP contribution in [0, 0.1) is 53.3 Å². The predicted octanol–water partition coefficient (Wildman–Crippen LogP) is 4.97. The number of rotatable bonds is 9. The van der Waals surface area contributed by atoms with Gasteiger partial charge in [0, 0.05) is 24.2 Å². The molecule has 0 saturated carbocycles. The fourth-order valence-electron chi connectivity index (χ4n) is 7.11. The molecule has 2 aliphatic rings. The highest BCUT2D eigenvalue weighted by atomic mass is 16.5. The first-order chi connectivity index (χ1) is 25.8. The van der Waals surface area contributed by atoms with Crippen molar-refractivity contribution in [3.8, 4) is 23.7 Å². The van der Waals surface area contributed by atoms with Crippen LogP contribution in [-0.4, -0.2) is 87.0 Å². The number of amides is 3. The highest BCUT2D eigenvalue weighted by molar-refractivity contribution is 5.86. The van der Waals surface area contributed by atoms with Gasteiger partial charge in [-0.05, 0) is 72.6 Å². The summed E-state index contributed by atoms with van der Waals surface area (Å²) in [5.74, 6) is 13.3. The summed E-state index contributed by atoms with van der Waals surface area (Å²) in [5, 5.41) is 2.68. The van der Waals surface area contributed by atoms with Crippen LogP contribution < -0.4 is 5.32 Å². The Hall–Kier alpha value is -5.56. The molecule has 3 amide bonds. The Morgan fingerprint density at radius 3 is 1.67 bits per heavy atom. The van der Waals surface area contributed by atoms with Gasteiger partial charge in [0.1, 0.15) is 29.1 Å². The van der Waals surface area contributed by atoms with Crippen LogP contribution in [0.25, 0.3) is 0 Å². The van der Waals surface area contributed by atoms with Crippen molar-refractivity contribution in [1.29, 1.82) is 0 Å². The van der Waals surface area contributed by atoms with E-state index in [9.17, 15) is 19.2 Å². The third-order valence-corrected chi connectivity index (χ3v) is 10.1. The maximum atomic E-state index is 13.6. The number of aromatic amines is 2. The zero-order chi connectivity index (χ0) is 39.1. The van der Waals surface area contributed by atoms with E-state index in [1.807, 2.05) is 56.9 Å². The van der Waals surface area contributed by atoms with Crippen molar-refractivity contribution in [1.82, 2.24) is 35.1 Å². The van der Waals surface area contributed by atoms with Gasteiger partial charge in [0.2, 0.25) is 11.8 Å². The van der Waals surface area contributed by atoms with Gasteiger partial charge >= 0.3 is 12.1 Å². The minimum absolute atomic E-state index is 0.0135. The second kappa shape index (κ2) is 17.5. The molecule has 3 aromatic rings. The highest BCUT2D eigenvalue weighted by Crippen LogP contribution is 2.37. The van der Waals surface area contributed by atoms with Crippen LogP contribution in [0.1, 0.15) is 107 Å². The van der Waals surface area contributed by atoms with Gasteiger partial charge in [0.15, 0.2) is 0 Å². The molecule has 0 radical (unpaired) electrons. The fourth-order valence-corrected chi connectivity index (χ4v) is 7.11. The lowest BCUT2D eigenvalue weighted by Crippen LogP contribution is -2.51. The van der Waals surface area contributed by atoms with Crippen molar-refractivity contribution in [2.75, 3.05) is 27.3 Å². The number of H-pyrrole nitrogens is 2. The van der Waals surface area contributed by atoms with Crippen molar-refractivity contribution < 1.29 is 28.7 Å². The molecule has 2 aromatic heterocycles. The fraction of sp³-hybridized carbons (Fsp3) is 0.512. The number of carbonyl (C=O) groups excluding carboxylic acids is 4. The van der Waals surface area contributed by atoms with Gasteiger partial charge in [-0.25, -0.2) is 14.8 Å². The number of hydrogen-bond donors (Lipinski definition) is 3. The number of methoxy groups -OCH3 is 2. The average molecular weight is 738 g/mol. The number of likely N-dealkylation sites (tertiary alicyclic amines) is 2. The summed E-state index contributed by atoms with van der Waals surface area (Å²) in [7, 11) is 2.62. The molecule has 13 nitrogen and oxygen atoms in total. The molecule has 2 saturated heterocycles. The Morgan fingerprint density at radius 2 is 1.24 bits per heavy atom. The van der Waals surface area contributed by atoms with E-state index in [0.29, 0.717) is 42.0 Å². The van der Waals surface area contributed by atoms with E-state index in [2.05, 4.69) is 62.8 Å². The number of nitrogens with zero attached hydrogens (tertiary/aromatic N) is 4. The van der Waals surface area contributed by atoms with E-state index in [4.69, 9.17) is 9.47 Å². The molecule has 286 valence electrons. The van der Waals surface area contributed by atoms with Crippen molar-refractivity contribution in [2.24, 2.45) is 29.6 Å². The smallest absolute Gasteiger partial charge is 0.407 e. The molecule has 5 rings (SSSR count). The van der Waals surface area contributed by atoms with Crippen molar-refractivity contribution >= 4 is 23.9 Å². The second-order valence-corrected chi connectivity index (χ2v) is 15.1. The Labute approximate surface area is 317 Å². The molecule has 6 atom stereocenters. The highest BCUT2D eigenvalue weighted by Gasteiger charge is 2.41. The summed E-state index contributed by atoms with van der Waals surface area (Å²) in [4.78, 5) is 70.5. The van der Waals surface area contributed by atoms with E-state index in [1.165, 1.54) is 14.2 Å². The Balaban J connectivity index is 1.23. The molecular weight excluding hydrogens is 686 g/mol. The molecule has 0 bridgehead atoms. The van der Waals surface area contributed by atoms with E-state index in [1.54, 1.807) is 17.3 Å². The molecule has 0 unspecified atom stereocenters. The molecule has 0 aliphatic carbocycles. The quantitative estimate of drug-likeness (QED) is 0.205. The average Bonchev–Trinajstić information content (AvgIpc) is 3.97. The second-order valence-electron chi connectivity index (χ2n) is 15.1. The first kappa shape index (κ1) is 39.6. The Kier molecular flexibility index (Phi) is 12.9.